The van der Waals surface area contributed by atoms with Crippen LogP contribution in [-0.2, 0) is 5.41 Å². The van der Waals surface area contributed by atoms with Gasteiger partial charge in [0.2, 0.25) is 11.5 Å². The molecule has 21 heavy (non-hydrogen) atoms. The molecule has 1 N–H and O–H groups in total. The topological polar surface area (TPSA) is 68.9 Å². The minimum Gasteiger partial charge on any atom is -0.502 e. The number of rotatable bonds is 4. The maximum atomic E-state index is 12.2. The Bertz CT molecular complexity index is 755. The smallest absolute Gasteiger partial charge is 0.340 e. The molecule has 5 nitrogen and oxygen atoms in total. The minimum atomic E-state index is -0.535. The molecule has 1 aromatic heterocycles. The van der Waals surface area contributed by atoms with Crippen LogP contribution in [0.2, 0.25) is 0 Å². The number of fused-ring (bicyclic) bond motifs is 1. The van der Waals surface area contributed by atoms with E-state index in [4.69, 9.17) is 13.9 Å². The minimum absolute atomic E-state index is 0.0735. The fraction of sp³-hybridized carbons (Fsp3) is 0.312. The largest absolute Gasteiger partial charge is 0.502 e. The van der Waals surface area contributed by atoms with Crippen molar-refractivity contribution in [1.82, 2.24) is 0 Å². The van der Waals surface area contributed by atoms with Crippen LogP contribution in [0.4, 0.5) is 0 Å². The van der Waals surface area contributed by atoms with Crippen LogP contribution in [0.1, 0.15) is 19.4 Å². The number of phenols is 1. The number of ether oxygens (including phenoxy) is 2. The Hall–Kier alpha value is -2.43. The van der Waals surface area contributed by atoms with Gasteiger partial charge in [0.25, 0.3) is 0 Å². The molecule has 0 bridgehead atoms. The predicted molar refractivity (Wildman–Crippen MR) is 80.5 cm³/mol. The molecular formula is C16H18O5. The van der Waals surface area contributed by atoms with E-state index in [1.54, 1.807) is 18.2 Å². The fourth-order valence-corrected chi connectivity index (χ4v) is 2.10. The van der Waals surface area contributed by atoms with Crippen LogP contribution in [0.25, 0.3) is 11.0 Å². The van der Waals surface area contributed by atoms with Gasteiger partial charge in [-0.05, 0) is 12.1 Å². The summed E-state index contributed by atoms with van der Waals surface area (Å²) >= 11 is 0. The number of hydrogen-bond acceptors (Lipinski definition) is 5. The van der Waals surface area contributed by atoms with Crippen molar-refractivity contribution in [2.24, 2.45) is 0 Å². The average molecular weight is 290 g/mol. The summed E-state index contributed by atoms with van der Waals surface area (Å²) in [5, 5.41) is 10.6. The zero-order valence-electron chi connectivity index (χ0n) is 12.5. The second-order valence-corrected chi connectivity index (χ2v) is 5.25. The van der Waals surface area contributed by atoms with E-state index < -0.39 is 11.0 Å². The quantitative estimate of drug-likeness (QED) is 0.692. The molecule has 2 aromatic rings. The first kappa shape index (κ1) is 15.0. The van der Waals surface area contributed by atoms with E-state index in [1.807, 2.05) is 13.8 Å². The van der Waals surface area contributed by atoms with Gasteiger partial charge in [0, 0.05) is 16.4 Å². The molecular weight excluding hydrogens is 272 g/mol. The molecule has 0 spiro atoms. The zero-order chi connectivity index (χ0) is 15.8. The lowest BCUT2D eigenvalue weighted by molar-refractivity contribution is 0.338. The van der Waals surface area contributed by atoms with E-state index in [0.29, 0.717) is 10.9 Å². The van der Waals surface area contributed by atoms with Crippen molar-refractivity contribution in [2.45, 2.75) is 19.3 Å². The maximum Gasteiger partial charge on any atom is 0.340 e. The van der Waals surface area contributed by atoms with Crippen LogP contribution in [0.15, 0.2) is 34.0 Å². The van der Waals surface area contributed by atoms with Gasteiger partial charge in [0.15, 0.2) is 11.3 Å². The van der Waals surface area contributed by atoms with E-state index in [9.17, 15) is 9.90 Å². The summed E-state index contributed by atoms with van der Waals surface area (Å²) in [6, 6.07) is 3.30. The first-order valence-electron chi connectivity index (χ1n) is 6.41. The van der Waals surface area contributed by atoms with Crippen LogP contribution >= 0.6 is 0 Å². The summed E-state index contributed by atoms with van der Waals surface area (Å²) in [7, 11) is 2.82. The van der Waals surface area contributed by atoms with Crippen LogP contribution in [0, 0.1) is 0 Å². The normalized spacial score (nSPS) is 11.4. The molecule has 0 unspecified atom stereocenters. The standard InChI is InChI=1S/C16H18O5/c1-6-16(2,3)10-7-9-8-11(19-4)12(17)14(20-5)13(9)21-15(10)18/h6-8,17H,1H2,2-5H3. The Morgan fingerprint density at radius 3 is 2.48 bits per heavy atom. The molecule has 0 aliphatic carbocycles. The summed E-state index contributed by atoms with van der Waals surface area (Å²) < 4.78 is 15.6. The Balaban J connectivity index is 2.89. The van der Waals surface area contributed by atoms with Crippen LogP contribution in [0.5, 0.6) is 17.2 Å². The number of methoxy groups -OCH3 is 2. The molecule has 0 aliphatic rings. The van der Waals surface area contributed by atoms with Crippen molar-refractivity contribution >= 4 is 11.0 Å². The maximum absolute atomic E-state index is 12.2. The van der Waals surface area contributed by atoms with E-state index in [2.05, 4.69) is 6.58 Å². The molecule has 1 heterocycles. The van der Waals surface area contributed by atoms with Crippen molar-refractivity contribution in [1.29, 1.82) is 0 Å². The first-order chi connectivity index (χ1) is 9.85. The Kier molecular flexibility index (Phi) is 3.68. The van der Waals surface area contributed by atoms with Crippen LogP contribution < -0.4 is 15.1 Å². The van der Waals surface area contributed by atoms with Gasteiger partial charge in [0.1, 0.15) is 0 Å². The highest BCUT2D eigenvalue weighted by atomic mass is 16.5. The second kappa shape index (κ2) is 5.16. The van der Waals surface area contributed by atoms with E-state index in [1.165, 1.54) is 14.2 Å². The molecule has 0 atom stereocenters. The van der Waals surface area contributed by atoms with Gasteiger partial charge < -0.3 is 19.0 Å². The predicted octanol–water partition coefficient (Wildman–Crippen LogP) is 2.98. The van der Waals surface area contributed by atoms with Crippen LogP contribution in [0.3, 0.4) is 0 Å². The highest BCUT2D eigenvalue weighted by molar-refractivity contribution is 5.88. The molecule has 2 rings (SSSR count). The summed E-state index contributed by atoms with van der Waals surface area (Å²) in [5.41, 5.74) is -0.368. The molecule has 5 heteroatoms. The Labute approximate surface area is 122 Å². The average Bonchev–Trinajstić information content (AvgIpc) is 2.46. The van der Waals surface area contributed by atoms with Gasteiger partial charge in [-0.25, -0.2) is 4.79 Å². The van der Waals surface area contributed by atoms with Crippen molar-refractivity contribution in [3.8, 4) is 17.2 Å². The third-order valence-electron chi connectivity index (χ3n) is 3.55. The molecule has 0 aliphatic heterocycles. The zero-order valence-corrected chi connectivity index (χ0v) is 12.5. The summed E-state index contributed by atoms with van der Waals surface area (Å²) in [5.74, 6) is 0.117. The molecule has 0 amide bonds. The number of allylic oxidation sites excluding steroid dienone is 1. The monoisotopic (exact) mass is 290 g/mol. The lowest BCUT2D eigenvalue weighted by atomic mass is 9.85. The molecule has 0 saturated heterocycles. The third kappa shape index (κ3) is 2.35. The highest BCUT2D eigenvalue weighted by Crippen LogP contribution is 2.42. The summed E-state index contributed by atoms with van der Waals surface area (Å²) in [6.07, 6.45) is 1.68. The SMILES string of the molecule is C=CC(C)(C)c1cc2cc(OC)c(O)c(OC)c2oc1=O. The summed E-state index contributed by atoms with van der Waals surface area (Å²) in [6.45, 7) is 7.48. The van der Waals surface area contributed by atoms with Crippen molar-refractivity contribution in [3.63, 3.8) is 0 Å². The molecule has 112 valence electrons. The van der Waals surface area contributed by atoms with Crippen molar-refractivity contribution in [2.75, 3.05) is 14.2 Å². The van der Waals surface area contributed by atoms with Gasteiger partial charge in [-0.1, -0.05) is 19.9 Å². The van der Waals surface area contributed by atoms with Crippen LogP contribution in [-0.4, -0.2) is 19.3 Å². The number of phenolic OH excluding ortho intramolecular Hbond substituents is 1. The molecule has 1 aromatic carbocycles. The lowest BCUT2D eigenvalue weighted by Gasteiger charge is -2.19. The van der Waals surface area contributed by atoms with Gasteiger partial charge in [0.05, 0.1) is 14.2 Å². The Morgan fingerprint density at radius 2 is 1.95 bits per heavy atom. The van der Waals surface area contributed by atoms with E-state index in [-0.39, 0.29) is 22.8 Å². The van der Waals surface area contributed by atoms with E-state index in [0.717, 1.165) is 0 Å². The van der Waals surface area contributed by atoms with Crippen molar-refractivity contribution < 1.29 is 19.0 Å². The molecule has 0 fully saturated rings. The molecule has 0 radical (unpaired) electrons. The third-order valence-corrected chi connectivity index (χ3v) is 3.55. The molecule has 0 saturated carbocycles. The lowest BCUT2D eigenvalue weighted by Crippen LogP contribution is -2.22. The van der Waals surface area contributed by atoms with Gasteiger partial charge in [-0.3, -0.25) is 0 Å². The Morgan fingerprint density at radius 1 is 1.29 bits per heavy atom. The first-order valence-corrected chi connectivity index (χ1v) is 6.41. The highest BCUT2D eigenvalue weighted by Gasteiger charge is 2.24. The van der Waals surface area contributed by atoms with E-state index >= 15 is 0 Å². The van der Waals surface area contributed by atoms with Crippen molar-refractivity contribution in [3.05, 3.63) is 40.8 Å². The fourth-order valence-electron chi connectivity index (χ4n) is 2.10. The summed E-state index contributed by atoms with van der Waals surface area (Å²) in [4.78, 5) is 12.2. The van der Waals surface area contributed by atoms with Gasteiger partial charge >= 0.3 is 5.63 Å². The number of hydrogen-bond donors (Lipinski definition) is 1. The van der Waals surface area contributed by atoms with Gasteiger partial charge in [-0.2, -0.15) is 0 Å². The number of aromatic hydroxyl groups is 1. The van der Waals surface area contributed by atoms with Gasteiger partial charge in [-0.15, -0.1) is 6.58 Å². The number of benzene rings is 1. The second-order valence-electron chi connectivity index (χ2n) is 5.25.